The second-order valence-electron chi connectivity index (χ2n) is 5.60. The first kappa shape index (κ1) is 17.4. The summed E-state index contributed by atoms with van der Waals surface area (Å²) in [6, 6.07) is -0.166. The van der Waals surface area contributed by atoms with E-state index in [9.17, 15) is 13.2 Å². The van der Waals surface area contributed by atoms with Gasteiger partial charge in [0, 0.05) is 12.3 Å². The first-order chi connectivity index (χ1) is 9.36. The number of carbonyl (C=O) groups excluding carboxylic acids is 1. The van der Waals surface area contributed by atoms with Crippen LogP contribution in [-0.4, -0.2) is 49.5 Å². The molecule has 1 rings (SSSR count). The van der Waals surface area contributed by atoms with E-state index in [0.29, 0.717) is 6.54 Å². The van der Waals surface area contributed by atoms with Crippen LogP contribution in [0.15, 0.2) is 0 Å². The standard InChI is InChI=1S/C14H28N2O3S/c1-5-8-12-15-13(11(4)6-2)14(17)16(12)9-10-20(18,19)7-3/h11-13,15H,5-10H2,1-4H3. The van der Waals surface area contributed by atoms with Crippen molar-refractivity contribution in [3.63, 3.8) is 0 Å². The van der Waals surface area contributed by atoms with Crippen LogP contribution in [0.4, 0.5) is 0 Å². The van der Waals surface area contributed by atoms with Crippen molar-refractivity contribution in [2.24, 2.45) is 5.92 Å². The molecule has 1 amide bonds. The average Bonchev–Trinajstić information content (AvgIpc) is 2.73. The van der Waals surface area contributed by atoms with Crippen molar-refractivity contribution in [3.8, 4) is 0 Å². The highest BCUT2D eigenvalue weighted by Crippen LogP contribution is 2.21. The summed E-state index contributed by atoms with van der Waals surface area (Å²) in [5, 5.41) is 3.38. The Morgan fingerprint density at radius 2 is 1.95 bits per heavy atom. The smallest absolute Gasteiger partial charge is 0.241 e. The van der Waals surface area contributed by atoms with Crippen LogP contribution in [0.3, 0.4) is 0 Å². The fourth-order valence-electron chi connectivity index (χ4n) is 2.50. The van der Waals surface area contributed by atoms with Crippen LogP contribution in [-0.2, 0) is 14.6 Å². The van der Waals surface area contributed by atoms with Crippen molar-refractivity contribution in [1.29, 1.82) is 0 Å². The molecule has 20 heavy (non-hydrogen) atoms. The molecule has 118 valence electrons. The summed E-state index contributed by atoms with van der Waals surface area (Å²) in [7, 11) is -3.03. The molecule has 1 heterocycles. The van der Waals surface area contributed by atoms with Gasteiger partial charge >= 0.3 is 0 Å². The third kappa shape index (κ3) is 4.19. The molecule has 0 aromatic carbocycles. The molecule has 3 unspecified atom stereocenters. The normalized spacial score (nSPS) is 25.2. The van der Waals surface area contributed by atoms with Gasteiger partial charge in [-0.3, -0.25) is 10.1 Å². The molecule has 1 saturated heterocycles. The fourth-order valence-corrected chi connectivity index (χ4v) is 3.27. The lowest BCUT2D eigenvalue weighted by Crippen LogP contribution is -2.40. The molecule has 1 aliphatic heterocycles. The molecule has 3 atom stereocenters. The number of amides is 1. The van der Waals surface area contributed by atoms with E-state index in [1.165, 1.54) is 0 Å². The molecule has 0 aliphatic carbocycles. The lowest BCUT2D eigenvalue weighted by Gasteiger charge is -2.23. The zero-order chi connectivity index (χ0) is 15.3. The third-order valence-electron chi connectivity index (χ3n) is 4.16. The third-order valence-corrected chi connectivity index (χ3v) is 5.84. The minimum absolute atomic E-state index is 0.0152. The highest BCUT2D eigenvalue weighted by Gasteiger charge is 2.40. The molecule has 5 nitrogen and oxygen atoms in total. The quantitative estimate of drug-likeness (QED) is 0.736. The van der Waals surface area contributed by atoms with Crippen molar-refractivity contribution in [3.05, 3.63) is 0 Å². The summed E-state index contributed by atoms with van der Waals surface area (Å²) < 4.78 is 23.3. The number of sulfone groups is 1. The zero-order valence-corrected chi connectivity index (χ0v) is 13.9. The van der Waals surface area contributed by atoms with Gasteiger partial charge in [0.05, 0.1) is 18.0 Å². The van der Waals surface area contributed by atoms with Gasteiger partial charge in [-0.1, -0.05) is 40.5 Å². The number of carbonyl (C=O) groups is 1. The first-order valence-electron chi connectivity index (χ1n) is 7.63. The lowest BCUT2D eigenvalue weighted by atomic mass is 9.99. The fraction of sp³-hybridized carbons (Fsp3) is 0.929. The largest absolute Gasteiger partial charge is 0.325 e. The lowest BCUT2D eigenvalue weighted by molar-refractivity contribution is -0.130. The zero-order valence-electron chi connectivity index (χ0n) is 13.1. The molecule has 1 fully saturated rings. The van der Waals surface area contributed by atoms with Gasteiger partial charge in [-0.05, 0) is 12.3 Å². The van der Waals surface area contributed by atoms with E-state index < -0.39 is 9.84 Å². The summed E-state index contributed by atoms with van der Waals surface area (Å²) in [6.07, 6.45) is 2.75. The average molecular weight is 304 g/mol. The summed E-state index contributed by atoms with van der Waals surface area (Å²) in [6.45, 7) is 8.15. The van der Waals surface area contributed by atoms with Gasteiger partial charge in [0.25, 0.3) is 0 Å². The van der Waals surface area contributed by atoms with Crippen LogP contribution >= 0.6 is 0 Å². The predicted octanol–water partition coefficient (Wildman–Crippen LogP) is 1.39. The Hall–Kier alpha value is -0.620. The minimum Gasteiger partial charge on any atom is -0.325 e. The summed E-state index contributed by atoms with van der Waals surface area (Å²) in [4.78, 5) is 14.2. The highest BCUT2D eigenvalue weighted by atomic mass is 32.2. The summed E-state index contributed by atoms with van der Waals surface area (Å²) in [5.41, 5.74) is 0. The van der Waals surface area contributed by atoms with Crippen molar-refractivity contribution >= 4 is 15.7 Å². The van der Waals surface area contributed by atoms with E-state index >= 15 is 0 Å². The topological polar surface area (TPSA) is 66.5 Å². The molecule has 0 aromatic rings. The van der Waals surface area contributed by atoms with E-state index in [1.54, 1.807) is 11.8 Å². The predicted molar refractivity (Wildman–Crippen MR) is 81.1 cm³/mol. The Morgan fingerprint density at radius 3 is 2.45 bits per heavy atom. The molecule has 0 bridgehead atoms. The maximum absolute atomic E-state index is 12.5. The number of hydrogen-bond acceptors (Lipinski definition) is 4. The van der Waals surface area contributed by atoms with Crippen molar-refractivity contribution in [1.82, 2.24) is 10.2 Å². The van der Waals surface area contributed by atoms with Crippen molar-refractivity contribution < 1.29 is 13.2 Å². The van der Waals surface area contributed by atoms with Gasteiger partial charge < -0.3 is 4.90 Å². The SMILES string of the molecule is CCCC1NC(C(C)CC)C(=O)N1CCS(=O)(=O)CC. The summed E-state index contributed by atoms with van der Waals surface area (Å²) >= 11 is 0. The Labute approximate surface area is 123 Å². The van der Waals surface area contributed by atoms with Crippen molar-refractivity contribution in [2.45, 2.75) is 59.2 Å². The number of nitrogens with zero attached hydrogens (tertiary/aromatic N) is 1. The monoisotopic (exact) mass is 304 g/mol. The molecule has 1 aliphatic rings. The van der Waals surface area contributed by atoms with Gasteiger partial charge in [-0.15, -0.1) is 0 Å². The highest BCUT2D eigenvalue weighted by molar-refractivity contribution is 7.91. The van der Waals surface area contributed by atoms with E-state index in [0.717, 1.165) is 19.3 Å². The van der Waals surface area contributed by atoms with Crippen LogP contribution in [0.2, 0.25) is 0 Å². The first-order valence-corrected chi connectivity index (χ1v) is 9.45. The van der Waals surface area contributed by atoms with Gasteiger partial charge in [0.15, 0.2) is 9.84 Å². The number of hydrogen-bond donors (Lipinski definition) is 1. The van der Waals surface area contributed by atoms with E-state index in [1.807, 2.05) is 0 Å². The molecule has 0 aromatic heterocycles. The molecule has 0 spiro atoms. The van der Waals surface area contributed by atoms with Crippen molar-refractivity contribution in [2.75, 3.05) is 18.1 Å². The maximum atomic E-state index is 12.5. The van der Waals surface area contributed by atoms with Gasteiger partial charge in [0.2, 0.25) is 5.91 Å². The number of rotatable bonds is 8. The molecule has 0 saturated carbocycles. The summed E-state index contributed by atoms with van der Waals surface area (Å²) in [5.74, 6) is 0.527. The van der Waals surface area contributed by atoms with E-state index in [4.69, 9.17) is 0 Å². The van der Waals surface area contributed by atoms with Crippen LogP contribution in [0, 0.1) is 5.92 Å². The van der Waals surface area contributed by atoms with E-state index in [2.05, 4.69) is 26.1 Å². The Bertz CT molecular complexity index is 422. The molecular weight excluding hydrogens is 276 g/mol. The molecule has 6 heteroatoms. The second-order valence-corrected chi connectivity index (χ2v) is 8.08. The van der Waals surface area contributed by atoms with Crippen LogP contribution in [0.1, 0.15) is 47.0 Å². The molecule has 0 radical (unpaired) electrons. The second kappa shape index (κ2) is 7.41. The molecular formula is C14H28N2O3S. The van der Waals surface area contributed by atoms with Crippen LogP contribution in [0.25, 0.3) is 0 Å². The Kier molecular flexibility index (Phi) is 6.45. The van der Waals surface area contributed by atoms with Gasteiger partial charge in [-0.2, -0.15) is 0 Å². The molecule has 1 N–H and O–H groups in total. The van der Waals surface area contributed by atoms with Crippen LogP contribution < -0.4 is 5.32 Å². The Morgan fingerprint density at radius 1 is 1.30 bits per heavy atom. The van der Waals surface area contributed by atoms with E-state index in [-0.39, 0.29) is 35.5 Å². The number of nitrogens with one attached hydrogen (secondary N) is 1. The van der Waals surface area contributed by atoms with Gasteiger partial charge in [0.1, 0.15) is 0 Å². The van der Waals surface area contributed by atoms with Crippen LogP contribution in [0.5, 0.6) is 0 Å². The van der Waals surface area contributed by atoms with Gasteiger partial charge in [-0.25, -0.2) is 8.42 Å². The Balaban J connectivity index is 2.77. The maximum Gasteiger partial charge on any atom is 0.241 e. The minimum atomic E-state index is -3.03.